The van der Waals surface area contributed by atoms with Crippen molar-refractivity contribution in [1.29, 1.82) is 0 Å². The lowest BCUT2D eigenvalue weighted by molar-refractivity contribution is 0.121. The molecule has 0 aromatic rings. The summed E-state index contributed by atoms with van der Waals surface area (Å²) in [6.45, 7) is 0. The number of hydrogen-bond donors (Lipinski definition) is 0. The monoisotopic (exact) mass is 697 g/mol. The Labute approximate surface area is 315 Å². The summed E-state index contributed by atoms with van der Waals surface area (Å²) in [7, 11) is 0. The zero-order chi connectivity index (χ0) is 34.9. The molecule has 0 saturated carbocycles. The average Bonchev–Trinajstić information content (AvgIpc) is 3.79. The second-order valence-corrected chi connectivity index (χ2v) is 16.8. The van der Waals surface area contributed by atoms with Crippen molar-refractivity contribution >= 4 is 0 Å². The Morgan fingerprint density at radius 3 is 2.53 bits per heavy atom. The van der Waals surface area contributed by atoms with Crippen LogP contribution in [0.1, 0.15) is 83.5 Å². The molecule has 0 aromatic carbocycles. The van der Waals surface area contributed by atoms with Crippen molar-refractivity contribution in [2.45, 2.75) is 102 Å². The predicted molar refractivity (Wildman–Crippen MR) is 214 cm³/mol. The van der Waals surface area contributed by atoms with Gasteiger partial charge in [-0.2, -0.15) is 0 Å². The Morgan fingerprint density at radius 2 is 1.60 bits per heavy atom. The first kappa shape index (κ1) is 32.0. The molecule has 11 aliphatic rings. The maximum atomic E-state index is 6.73. The van der Waals surface area contributed by atoms with E-state index in [1.807, 2.05) is 0 Å². The first-order valence-corrected chi connectivity index (χ1v) is 20.8. The van der Waals surface area contributed by atoms with Crippen molar-refractivity contribution in [3.63, 3.8) is 0 Å². The molecule has 3 heteroatoms. The molecule has 0 aromatic heterocycles. The van der Waals surface area contributed by atoms with Gasteiger partial charge in [-0.1, -0.05) is 85.1 Å². The van der Waals surface area contributed by atoms with E-state index in [1.54, 1.807) is 22.3 Å². The van der Waals surface area contributed by atoms with Gasteiger partial charge in [0.05, 0.1) is 6.04 Å². The van der Waals surface area contributed by atoms with Gasteiger partial charge in [0.25, 0.3) is 0 Å². The highest BCUT2D eigenvalue weighted by Gasteiger charge is 2.41. The molecule has 0 bridgehead atoms. The smallest absolute Gasteiger partial charge is 0.127 e. The molecule has 11 rings (SSSR count). The van der Waals surface area contributed by atoms with E-state index in [2.05, 4.69) is 114 Å². The molecule has 53 heavy (non-hydrogen) atoms. The highest BCUT2D eigenvalue weighted by atomic mass is 16.5. The van der Waals surface area contributed by atoms with Crippen LogP contribution >= 0.6 is 0 Å². The van der Waals surface area contributed by atoms with Gasteiger partial charge in [0.2, 0.25) is 0 Å². The standard InChI is InChI=1S/C50H51NO2/c1-2-9-33(10-3-1)42-14-8-15-44-45-30-35(21-27-49(45)53-50(42)44)32-19-22-37(23-20-32)51(39-25-28-48-46(31-39)43-13-6-7-16-47(43)52-48)38-24-26-41-36(29-38)18-17-34-11-4-5-12-40(34)41/h1-4,6,9,11,13-14,19,21-23,25,27-30,32-33,39,43,45,47,49H,5,7-8,10,12,15-18,20,24,26,31H2/t32?,33?,39?,43-,45?,47?,49?/m1/s1. The van der Waals surface area contributed by atoms with Crippen LogP contribution in [0.4, 0.5) is 0 Å². The van der Waals surface area contributed by atoms with Crippen LogP contribution in [-0.2, 0) is 9.47 Å². The van der Waals surface area contributed by atoms with Crippen LogP contribution in [0.5, 0.6) is 0 Å². The molecule has 0 amide bonds. The quantitative estimate of drug-likeness (QED) is 0.267. The maximum absolute atomic E-state index is 6.73. The van der Waals surface area contributed by atoms with Gasteiger partial charge in [-0.3, -0.25) is 0 Å². The lowest BCUT2D eigenvalue weighted by Gasteiger charge is -2.40. The summed E-state index contributed by atoms with van der Waals surface area (Å²) in [5, 5.41) is 0. The fourth-order valence-electron chi connectivity index (χ4n) is 11.3. The van der Waals surface area contributed by atoms with Gasteiger partial charge in [-0.25, -0.2) is 0 Å². The molecule has 268 valence electrons. The largest absolute Gasteiger partial charge is 0.490 e. The van der Waals surface area contributed by atoms with Crippen molar-refractivity contribution in [3.05, 3.63) is 177 Å². The lowest BCUT2D eigenvalue weighted by atomic mass is 9.76. The van der Waals surface area contributed by atoms with Crippen molar-refractivity contribution in [2.24, 2.45) is 23.7 Å². The van der Waals surface area contributed by atoms with Crippen molar-refractivity contribution in [3.8, 4) is 0 Å². The zero-order valence-corrected chi connectivity index (χ0v) is 30.9. The number of ether oxygens (including phenoxy) is 2. The summed E-state index contributed by atoms with van der Waals surface area (Å²) in [6, 6.07) is 0.293. The summed E-state index contributed by atoms with van der Waals surface area (Å²) in [4.78, 5) is 2.73. The first-order chi connectivity index (χ1) is 26.2. The zero-order valence-electron chi connectivity index (χ0n) is 30.9. The molecule has 7 atom stereocenters. The van der Waals surface area contributed by atoms with E-state index in [4.69, 9.17) is 9.47 Å². The summed E-state index contributed by atoms with van der Waals surface area (Å²) >= 11 is 0. The molecule has 0 radical (unpaired) electrons. The predicted octanol–water partition coefficient (Wildman–Crippen LogP) is 11.7. The SMILES string of the molecule is C1=CCC(C2=CCCC3=C2OC2C=CC(C4C=CC(N(C5=CC6=C(CC5)C5=C(C=CCC5)CC6)C5C=CC6=C(C5)[C@H]5C=CCCC5O6)=CC4)=CC32)C=C1. The second-order valence-electron chi connectivity index (χ2n) is 16.8. The van der Waals surface area contributed by atoms with Crippen LogP contribution in [-0.4, -0.2) is 23.1 Å². The molecule has 3 nitrogen and oxygen atoms in total. The third-order valence-electron chi connectivity index (χ3n) is 13.9. The normalized spacial score (nSPS) is 34.7. The van der Waals surface area contributed by atoms with E-state index in [-0.39, 0.29) is 6.10 Å². The molecule has 0 saturated heterocycles. The van der Waals surface area contributed by atoms with Gasteiger partial charge in [-0.05, 0) is 152 Å². The van der Waals surface area contributed by atoms with Gasteiger partial charge in [-0.15, -0.1) is 0 Å². The van der Waals surface area contributed by atoms with Crippen molar-refractivity contribution in [2.75, 3.05) is 0 Å². The topological polar surface area (TPSA) is 21.7 Å². The van der Waals surface area contributed by atoms with Crippen LogP contribution < -0.4 is 0 Å². The highest BCUT2D eigenvalue weighted by Crippen LogP contribution is 2.49. The van der Waals surface area contributed by atoms with Crippen molar-refractivity contribution in [1.82, 2.24) is 4.90 Å². The van der Waals surface area contributed by atoms with Gasteiger partial charge in [0.15, 0.2) is 0 Å². The van der Waals surface area contributed by atoms with E-state index in [9.17, 15) is 0 Å². The van der Waals surface area contributed by atoms with Crippen molar-refractivity contribution < 1.29 is 9.47 Å². The molecule has 0 N–H and O–H groups in total. The summed E-state index contributed by atoms with van der Waals surface area (Å²) in [5.41, 5.74) is 15.3. The van der Waals surface area contributed by atoms with Gasteiger partial charge in [0, 0.05) is 35.1 Å². The molecular weight excluding hydrogens is 647 g/mol. The van der Waals surface area contributed by atoms with Crippen LogP contribution in [0.2, 0.25) is 0 Å². The molecular formula is C50H51NO2. The number of fused-ring (bicyclic) bond motifs is 5. The van der Waals surface area contributed by atoms with Crippen LogP contribution in [0.15, 0.2) is 177 Å². The Kier molecular flexibility index (Phi) is 7.91. The molecule has 2 aliphatic heterocycles. The Morgan fingerprint density at radius 1 is 0.642 bits per heavy atom. The minimum Gasteiger partial charge on any atom is -0.490 e. The highest BCUT2D eigenvalue weighted by molar-refractivity contribution is 5.54. The summed E-state index contributed by atoms with van der Waals surface area (Å²) < 4.78 is 13.2. The Bertz CT molecular complexity index is 2100. The summed E-state index contributed by atoms with van der Waals surface area (Å²) in [5.74, 6) is 3.95. The Balaban J connectivity index is 0.879. The summed E-state index contributed by atoms with van der Waals surface area (Å²) in [6.07, 6.45) is 58.3. The van der Waals surface area contributed by atoms with Crippen LogP contribution in [0.25, 0.3) is 0 Å². The fourth-order valence-corrected chi connectivity index (χ4v) is 11.3. The maximum Gasteiger partial charge on any atom is 0.127 e. The minimum absolute atomic E-state index is 0.131. The van der Waals surface area contributed by atoms with E-state index >= 15 is 0 Å². The van der Waals surface area contributed by atoms with E-state index in [1.165, 1.54) is 65.1 Å². The molecule has 2 heterocycles. The number of nitrogens with zero attached hydrogens (tertiary/aromatic N) is 1. The second kappa shape index (κ2) is 13.1. The van der Waals surface area contributed by atoms with Crippen LogP contribution in [0.3, 0.4) is 0 Å². The molecule has 9 aliphatic carbocycles. The van der Waals surface area contributed by atoms with E-state index in [0.717, 1.165) is 63.5 Å². The average molecular weight is 698 g/mol. The van der Waals surface area contributed by atoms with Gasteiger partial charge >= 0.3 is 0 Å². The first-order valence-electron chi connectivity index (χ1n) is 20.8. The van der Waals surface area contributed by atoms with Gasteiger partial charge < -0.3 is 14.4 Å². The van der Waals surface area contributed by atoms with E-state index < -0.39 is 0 Å². The van der Waals surface area contributed by atoms with E-state index in [0.29, 0.717) is 35.8 Å². The number of rotatable bonds is 5. The van der Waals surface area contributed by atoms with Crippen LogP contribution in [0, 0.1) is 23.7 Å². The molecule has 0 spiro atoms. The molecule has 6 unspecified atom stereocenters. The Hall–Kier alpha value is -4.50. The third-order valence-corrected chi connectivity index (χ3v) is 13.9. The fraction of sp³-hybridized carbons (Fsp3) is 0.400. The lowest BCUT2D eigenvalue weighted by Crippen LogP contribution is -2.36. The third kappa shape index (κ3) is 5.52. The van der Waals surface area contributed by atoms with Gasteiger partial charge in [0.1, 0.15) is 23.7 Å². The minimum atomic E-state index is 0.131. The number of allylic oxidation sites excluding steroid dienone is 21. The number of hydrogen-bond acceptors (Lipinski definition) is 3. The molecule has 0 fully saturated rings.